The first-order valence-electron chi connectivity index (χ1n) is 19.5. The molecule has 10 rings (SSSR count). The first-order chi connectivity index (χ1) is 27.2. The van der Waals surface area contributed by atoms with Gasteiger partial charge in [0.2, 0.25) is 0 Å². The predicted molar refractivity (Wildman–Crippen MR) is 224 cm³/mol. The molecule has 0 N–H and O–H groups in total. The van der Waals surface area contributed by atoms with E-state index in [2.05, 4.69) is 133 Å². The van der Waals surface area contributed by atoms with Gasteiger partial charge in [0, 0.05) is 33.4 Å². The molecule has 0 aliphatic heterocycles. The van der Waals surface area contributed by atoms with Crippen LogP contribution in [0.5, 0.6) is 0 Å². The average molecular weight is 709 g/mol. The maximum atomic E-state index is 5.15. The van der Waals surface area contributed by atoms with Gasteiger partial charge < -0.3 is 0 Å². The minimum absolute atomic E-state index is 0.665. The van der Waals surface area contributed by atoms with Crippen molar-refractivity contribution in [1.29, 1.82) is 0 Å². The van der Waals surface area contributed by atoms with Crippen molar-refractivity contribution in [3.63, 3.8) is 0 Å². The smallest absolute Gasteiger partial charge is 0.160 e. The highest BCUT2D eigenvalue weighted by atomic mass is 14.9. The minimum atomic E-state index is 0.665. The van der Waals surface area contributed by atoms with Crippen molar-refractivity contribution in [2.75, 3.05) is 0 Å². The predicted octanol–water partition coefficient (Wildman–Crippen LogP) is 12.8. The van der Waals surface area contributed by atoms with E-state index in [1.807, 2.05) is 42.5 Å². The molecule has 2 saturated carbocycles. The van der Waals surface area contributed by atoms with Crippen LogP contribution in [0.25, 0.3) is 78.9 Å². The van der Waals surface area contributed by atoms with Crippen LogP contribution in [0.15, 0.2) is 176 Å². The van der Waals surface area contributed by atoms with E-state index in [1.165, 1.54) is 36.8 Å². The van der Waals surface area contributed by atoms with Crippen molar-refractivity contribution >= 4 is 0 Å². The maximum Gasteiger partial charge on any atom is 0.160 e. The van der Waals surface area contributed by atoms with E-state index >= 15 is 0 Å². The number of aromatic nitrogens is 4. The molecule has 6 aromatic carbocycles. The van der Waals surface area contributed by atoms with Crippen LogP contribution in [0.1, 0.15) is 37.2 Å². The van der Waals surface area contributed by atoms with E-state index in [4.69, 9.17) is 19.9 Å². The monoisotopic (exact) mass is 708 g/mol. The lowest BCUT2D eigenvalue weighted by Crippen LogP contribution is -2.08. The van der Waals surface area contributed by atoms with E-state index in [1.54, 1.807) is 0 Å². The number of hydrogen-bond acceptors (Lipinski definition) is 4. The summed E-state index contributed by atoms with van der Waals surface area (Å²) in [5, 5.41) is 0. The molecule has 2 aliphatic rings. The molecule has 0 radical (unpaired) electrons. The molecule has 8 aromatic rings. The number of benzene rings is 6. The van der Waals surface area contributed by atoms with Crippen LogP contribution in [-0.4, -0.2) is 19.9 Å². The molecule has 2 heterocycles. The molecule has 2 aliphatic carbocycles. The van der Waals surface area contributed by atoms with Gasteiger partial charge in [0.1, 0.15) is 0 Å². The van der Waals surface area contributed by atoms with Gasteiger partial charge in [0.05, 0.1) is 22.8 Å². The van der Waals surface area contributed by atoms with E-state index in [0.717, 1.165) is 79.4 Å². The van der Waals surface area contributed by atoms with Crippen LogP contribution in [0.2, 0.25) is 0 Å². The zero-order valence-corrected chi connectivity index (χ0v) is 30.6. The Kier molecular flexibility index (Phi) is 8.64. The minimum Gasteiger partial charge on any atom is -0.228 e. The van der Waals surface area contributed by atoms with Crippen LogP contribution in [0.3, 0.4) is 0 Å². The first kappa shape index (κ1) is 33.1. The molecule has 0 amide bonds. The SMILES string of the molecule is c1ccc(-c2cccc(-c3cc(-c4ccc(-c5cc(-c6cccc(C7CC8CCC7C8)c6)nc(-c6ccccc6)n5)cc4)nc(-c4ccccc4)n3)c2)cc1. The zero-order chi connectivity index (χ0) is 36.6. The van der Waals surface area contributed by atoms with Gasteiger partial charge in [-0.05, 0) is 78.0 Å². The van der Waals surface area contributed by atoms with Crippen molar-refractivity contribution in [3.8, 4) is 78.9 Å². The van der Waals surface area contributed by atoms with Crippen LogP contribution >= 0.6 is 0 Å². The van der Waals surface area contributed by atoms with Crippen LogP contribution in [-0.2, 0) is 0 Å². The third kappa shape index (κ3) is 6.77. The largest absolute Gasteiger partial charge is 0.228 e. The Hall–Kier alpha value is -6.52. The molecule has 2 fully saturated rings. The number of fused-ring (bicyclic) bond motifs is 2. The summed E-state index contributed by atoms with van der Waals surface area (Å²) >= 11 is 0. The molecule has 0 spiro atoms. The van der Waals surface area contributed by atoms with Gasteiger partial charge in [-0.3, -0.25) is 0 Å². The number of rotatable bonds is 8. The molecule has 4 nitrogen and oxygen atoms in total. The number of hydrogen-bond donors (Lipinski definition) is 0. The summed E-state index contributed by atoms with van der Waals surface area (Å²) in [4.78, 5) is 20.5. The van der Waals surface area contributed by atoms with Gasteiger partial charge in [-0.15, -0.1) is 0 Å². The third-order valence-corrected chi connectivity index (χ3v) is 11.6. The van der Waals surface area contributed by atoms with Gasteiger partial charge in [-0.2, -0.15) is 0 Å². The van der Waals surface area contributed by atoms with E-state index in [0.29, 0.717) is 11.7 Å². The quantitative estimate of drug-likeness (QED) is 0.158. The van der Waals surface area contributed by atoms with Crippen LogP contribution < -0.4 is 0 Å². The summed E-state index contributed by atoms with van der Waals surface area (Å²) < 4.78 is 0. The van der Waals surface area contributed by atoms with Gasteiger partial charge in [0.15, 0.2) is 11.6 Å². The number of nitrogens with zero attached hydrogens (tertiary/aromatic N) is 4. The van der Waals surface area contributed by atoms with Gasteiger partial charge in [-0.25, -0.2) is 19.9 Å². The lowest BCUT2D eigenvalue weighted by atomic mass is 9.83. The molecule has 3 unspecified atom stereocenters. The van der Waals surface area contributed by atoms with Crippen molar-refractivity contribution in [3.05, 3.63) is 181 Å². The Labute approximate surface area is 322 Å². The van der Waals surface area contributed by atoms with Crippen molar-refractivity contribution in [1.82, 2.24) is 19.9 Å². The fraction of sp³-hybridized carbons (Fsp3) is 0.137. The summed E-state index contributed by atoms with van der Waals surface area (Å²) in [6, 6.07) is 61.6. The Morgan fingerprint density at radius 1 is 0.327 bits per heavy atom. The maximum absolute atomic E-state index is 5.15. The fourth-order valence-corrected chi connectivity index (χ4v) is 8.80. The van der Waals surface area contributed by atoms with E-state index in [-0.39, 0.29) is 0 Å². The van der Waals surface area contributed by atoms with Gasteiger partial charge >= 0.3 is 0 Å². The van der Waals surface area contributed by atoms with Crippen LogP contribution in [0.4, 0.5) is 0 Å². The van der Waals surface area contributed by atoms with E-state index < -0.39 is 0 Å². The van der Waals surface area contributed by atoms with Crippen molar-refractivity contribution in [2.45, 2.75) is 31.6 Å². The average Bonchev–Trinajstić information content (AvgIpc) is 3.92. The lowest BCUT2D eigenvalue weighted by Gasteiger charge is -2.22. The summed E-state index contributed by atoms with van der Waals surface area (Å²) in [5.41, 5.74) is 13.6. The lowest BCUT2D eigenvalue weighted by molar-refractivity contribution is 0.420. The second kappa shape index (κ2) is 14.4. The molecule has 264 valence electrons. The molecular formula is C51H40N4. The summed E-state index contributed by atoms with van der Waals surface area (Å²) in [7, 11) is 0. The second-order valence-electron chi connectivity index (χ2n) is 15.1. The standard InChI is InChI=1S/C51H40N4/c1-4-12-35(13-5-1)40-18-10-20-43(30-40)48-32-46(52-50(54-48)38-14-6-2-7-15-38)36-24-26-37(27-25-36)47-33-49(55-51(53-47)39-16-8-3-9-17-39)44-21-11-19-41(31-44)45-29-34-22-23-42(45)28-34/h1-21,24-27,30-34,42,45H,22-23,28-29H2. The highest BCUT2D eigenvalue weighted by Crippen LogP contribution is 2.53. The van der Waals surface area contributed by atoms with Gasteiger partial charge in [-0.1, -0.05) is 158 Å². The topological polar surface area (TPSA) is 51.6 Å². The Morgan fingerprint density at radius 2 is 0.782 bits per heavy atom. The summed E-state index contributed by atoms with van der Waals surface area (Å²) in [6.07, 6.45) is 5.50. The second-order valence-corrected chi connectivity index (χ2v) is 15.1. The summed E-state index contributed by atoms with van der Waals surface area (Å²) in [6.45, 7) is 0. The molecule has 2 aromatic heterocycles. The zero-order valence-electron chi connectivity index (χ0n) is 30.6. The molecular weight excluding hydrogens is 669 g/mol. The van der Waals surface area contributed by atoms with Crippen molar-refractivity contribution in [2.24, 2.45) is 11.8 Å². The third-order valence-electron chi connectivity index (χ3n) is 11.6. The van der Waals surface area contributed by atoms with Crippen LogP contribution in [0, 0.1) is 11.8 Å². The Morgan fingerprint density at radius 3 is 1.29 bits per heavy atom. The summed E-state index contributed by atoms with van der Waals surface area (Å²) in [5.74, 6) is 3.82. The molecule has 0 saturated heterocycles. The molecule has 55 heavy (non-hydrogen) atoms. The first-order valence-corrected chi connectivity index (χ1v) is 19.5. The highest BCUT2D eigenvalue weighted by molar-refractivity contribution is 5.78. The highest BCUT2D eigenvalue weighted by Gasteiger charge is 2.40. The molecule has 3 atom stereocenters. The van der Waals surface area contributed by atoms with E-state index in [9.17, 15) is 0 Å². The molecule has 2 bridgehead atoms. The Balaban J connectivity index is 1.03. The normalized spacial score (nSPS) is 17.3. The van der Waals surface area contributed by atoms with Gasteiger partial charge in [0.25, 0.3) is 0 Å². The van der Waals surface area contributed by atoms with Crippen molar-refractivity contribution < 1.29 is 0 Å². The fourth-order valence-electron chi connectivity index (χ4n) is 8.80. The molecule has 4 heteroatoms. The Bertz CT molecular complexity index is 2600.